The third-order valence-corrected chi connectivity index (χ3v) is 11.6. The van der Waals surface area contributed by atoms with Crippen LogP contribution in [0.25, 0.3) is 75.5 Å². The molecule has 9 aromatic carbocycles. The molecule has 10 aromatic rings. The van der Waals surface area contributed by atoms with Gasteiger partial charge in [0, 0.05) is 37.1 Å². The number of rotatable bonds is 7. The van der Waals surface area contributed by atoms with E-state index in [0.29, 0.717) is 0 Å². The van der Waals surface area contributed by atoms with Gasteiger partial charge in [0.05, 0.1) is 5.69 Å². The number of hydrogen-bond acceptors (Lipinski definition) is 2. The van der Waals surface area contributed by atoms with E-state index >= 15 is 0 Å². The molecule has 2 heteroatoms. The lowest BCUT2D eigenvalue weighted by atomic mass is 9.96. The standard InChI is InChI=1S/C52H35NS/c1-2-12-36(13-3-1)37-28-31-43(32-29-37)53(50-22-8-6-19-47(50)42-30-33-49-48-20-7-9-23-51(48)54-52(49)35-42)44-17-10-16-41(34-44)38-24-26-40(27-25-38)46-21-11-15-39-14-4-5-18-45(39)46/h1-35H. The lowest BCUT2D eigenvalue weighted by Crippen LogP contribution is -2.11. The van der Waals surface area contributed by atoms with E-state index in [1.54, 1.807) is 0 Å². The van der Waals surface area contributed by atoms with E-state index in [2.05, 4.69) is 217 Å². The Kier molecular flexibility index (Phi) is 8.09. The molecular formula is C52H35NS. The first kappa shape index (κ1) is 32.0. The highest BCUT2D eigenvalue weighted by Gasteiger charge is 2.19. The number of nitrogens with zero attached hydrogens (tertiary/aromatic N) is 1. The summed E-state index contributed by atoms with van der Waals surface area (Å²) >= 11 is 1.86. The maximum atomic E-state index is 2.41. The number of fused-ring (bicyclic) bond motifs is 4. The summed E-state index contributed by atoms with van der Waals surface area (Å²) < 4.78 is 2.62. The van der Waals surface area contributed by atoms with Crippen LogP contribution in [0.15, 0.2) is 212 Å². The molecule has 1 aromatic heterocycles. The van der Waals surface area contributed by atoms with Gasteiger partial charge in [-0.15, -0.1) is 11.3 Å². The Labute approximate surface area is 319 Å². The van der Waals surface area contributed by atoms with Crippen molar-refractivity contribution in [3.8, 4) is 44.5 Å². The van der Waals surface area contributed by atoms with Crippen molar-refractivity contribution in [3.63, 3.8) is 0 Å². The number of benzene rings is 9. The largest absolute Gasteiger partial charge is 0.310 e. The van der Waals surface area contributed by atoms with Crippen molar-refractivity contribution in [2.75, 3.05) is 4.90 Å². The van der Waals surface area contributed by atoms with Gasteiger partial charge in [-0.1, -0.05) is 170 Å². The molecule has 10 rings (SSSR count). The minimum Gasteiger partial charge on any atom is -0.310 e. The second-order valence-corrected chi connectivity index (χ2v) is 14.8. The van der Waals surface area contributed by atoms with Crippen molar-refractivity contribution in [1.29, 1.82) is 0 Å². The monoisotopic (exact) mass is 705 g/mol. The van der Waals surface area contributed by atoms with Crippen LogP contribution in [0.4, 0.5) is 17.1 Å². The van der Waals surface area contributed by atoms with Gasteiger partial charge in [-0.3, -0.25) is 0 Å². The van der Waals surface area contributed by atoms with Crippen LogP contribution in [0.1, 0.15) is 0 Å². The molecule has 1 heterocycles. The van der Waals surface area contributed by atoms with Crippen molar-refractivity contribution >= 4 is 59.3 Å². The van der Waals surface area contributed by atoms with Crippen LogP contribution in [0.3, 0.4) is 0 Å². The van der Waals surface area contributed by atoms with E-state index in [9.17, 15) is 0 Å². The van der Waals surface area contributed by atoms with E-state index in [0.717, 1.165) is 17.1 Å². The zero-order valence-electron chi connectivity index (χ0n) is 29.6. The first-order chi connectivity index (χ1) is 26.8. The summed E-state index contributed by atoms with van der Waals surface area (Å²) in [4.78, 5) is 2.41. The zero-order valence-corrected chi connectivity index (χ0v) is 30.4. The molecular weight excluding hydrogens is 671 g/mol. The molecule has 0 aliphatic carbocycles. The van der Waals surface area contributed by atoms with Gasteiger partial charge in [0.1, 0.15) is 0 Å². The van der Waals surface area contributed by atoms with Crippen molar-refractivity contribution < 1.29 is 0 Å². The SMILES string of the molecule is c1ccc(-c2ccc(N(c3cccc(-c4ccc(-c5cccc6ccccc56)cc4)c3)c3ccccc3-c3ccc4c(c3)sc3ccccc34)cc2)cc1. The Hall–Kier alpha value is -6.74. The molecule has 0 fully saturated rings. The van der Waals surface area contributed by atoms with Crippen LogP contribution in [0, 0.1) is 0 Å². The van der Waals surface area contributed by atoms with Crippen molar-refractivity contribution in [3.05, 3.63) is 212 Å². The highest BCUT2D eigenvalue weighted by atomic mass is 32.1. The minimum atomic E-state index is 1.11. The molecule has 1 nitrogen and oxygen atoms in total. The van der Waals surface area contributed by atoms with Gasteiger partial charge in [0.25, 0.3) is 0 Å². The Morgan fingerprint density at radius 3 is 1.74 bits per heavy atom. The molecule has 0 bridgehead atoms. The van der Waals surface area contributed by atoms with Gasteiger partial charge in [-0.05, 0) is 92.2 Å². The van der Waals surface area contributed by atoms with E-state index < -0.39 is 0 Å². The molecule has 0 radical (unpaired) electrons. The number of hydrogen-bond donors (Lipinski definition) is 0. The predicted octanol–water partition coefficient (Wildman–Crippen LogP) is 15.3. The van der Waals surface area contributed by atoms with Gasteiger partial charge in [-0.2, -0.15) is 0 Å². The summed E-state index contributed by atoms with van der Waals surface area (Å²) in [6.45, 7) is 0. The average Bonchev–Trinajstić information content (AvgIpc) is 3.63. The van der Waals surface area contributed by atoms with Crippen molar-refractivity contribution in [2.24, 2.45) is 0 Å². The number of para-hydroxylation sites is 1. The molecule has 0 unspecified atom stereocenters. The first-order valence-corrected chi connectivity index (χ1v) is 19.2. The Bertz CT molecular complexity index is 2920. The lowest BCUT2D eigenvalue weighted by Gasteiger charge is -2.28. The molecule has 0 amide bonds. The van der Waals surface area contributed by atoms with Crippen LogP contribution >= 0.6 is 11.3 Å². The summed E-state index contributed by atoms with van der Waals surface area (Å²) in [7, 11) is 0. The summed E-state index contributed by atoms with van der Waals surface area (Å²) in [5.41, 5.74) is 13.0. The zero-order chi connectivity index (χ0) is 35.8. The van der Waals surface area contributed by atoms with Crippen molar-refractivity contribution in [1.82, 2.24) is 0 Å². The number of anilines is 3. The Morgan fingerprint density at radius 2 is 0.870 bits per heavy atom. The maximum absolute atomic E-state index is 2.41. The highest BCUT2D eigenvalue weighted by Crippen LogP contribution is 2.44. The van der Waals surface area contributed by atoms with E-state index in [1.807, 2.05) is 11.3 Å². The molecule has 54 heavy (non-hydrogen) atoms. The summed E-state index contributed by atoms with van der Waals surface area (Å²) in [5.74, 6) is 0. The molecule has 0 spiro atoms. The molecule has 0 atom stereocenters. The predicted molar refractivity (Wildman–Crippen MR) is 233 cm³/mol. The fourth-order valence-corrected chi connectivity index (χ4v) is 8.96. The van der Waals surface area contributed by atoms with Crippen LogP contribution in [-0.4, -0.2) is 0 Å². The van der Waals surface area contributed by atoms with Gasteiger partial charge in [-0.25, -0.2) is 0 Å². The third kappa shape index (κ3) is 5.84. The molecule has 0 saturated heterocycles. The normalized spacial score (nSPS) is 11.3. The maximum Gasteiger partial charge on any atom is 0.0540 e. The van der Waals surface area contributed by atoms with Crippen LogP contribution < -0.4 is 4.90 Å². The second-order valence-electron chi connectivity index (χ2n) is 13.7. The van der Waals surface area contributed by atoms with E-state index in [-0.39, 0.29) is 0 Å². The first-order valence-electron chi connectivity index (χ1n) is 18.4. The van der Waals surface area contributed by atoms with Gasteiger partial charge in [0.2, 0.25) is 0 Å². The summed E-state index contributed by atoms with van der Waals surface area (Å²) in [6.07, 6.45) is 0. The number of thiophene rings is 1. The smallest absolute Gasteiger partial charge is 0.0540 e. The fraction of sp³-hybridized carbons (Fsp3) is 0. The van der Waals surface area contributed by atoms with Gasteiger partial charge in [0.15, 0.2) is 0 Å². The molecule has 0 aliphatic rings. The Morgan fingerprint density at radius 1 is 0.296 bits per heavy atom. The molecule has 0 aliphatic heterocycles. The van der Waals surface area contributed by atoms with Crippen LogP contribution in [-0.2, 0) is 0 Å². The van der Waals surface area contributed by atoms with Crippen LogP contribution in [0.2, 0.25) is 0 Å². The second kappa shape index (κ2) is 13.7. The quantitative estimate of drug-likeness (QED) is 0.160. The minimum absolute atomic E-state index is 1.11. The Balaban J connectivity index is 1.08. The molecule has 254 valence electrons. The van der Waals surface area contributed by atoms with Gasteiger partial charge < -0.3 is 4.90 Å². The summed E-state index contributed by atoms with van der Waals surface area (Å²) in [5, 5.41) is 5.16. The lowest BCUT2D eigenvalue weighted by molar-refractivity contribution is 1.28. The molecule has 0 saturated carbocycles. The fourth-order valence-electron chi connectivity index (χ4n) is 7.81. The topological polar surface area (TPSA) is 3.24 Å². The van der Waals surface area contributed by atoms with Crippen LogP contribution in [0.5, 0.6) is 0 Å². The van der Waals surface area contributed by atoms with Gasteiger partial charge >= 0.3 is 0 Å². The highest BCUT2D eigenvalue weighted by molar-refractivity contribution is 7.25. The molecule has 0 N–H and O–H groups in total. The van der Waals surface area contributed by atoms with Crippen molar-refractivity contribution in [2.45, 2.75) is 0 Å². The average molecular weight is 706 g/mol. The van der Waals surface area contributed by atoms with E-state index in [1.165, 1.54) is 75.5 Å². The third-order valence-electron chi connectivity index (χ3n) is 10.5. The van der Waals surface area contributed by atoms with E-state index in [4.69, 9.17) is 0 Å². The summed E-state index contributed by atoms with van der Waals surface area (Å²) in [6, 6.07) is 77.1.